The molecule has 0 spiro atoms. The molecule has 10 heteroatoms. The van der Waals surface area contributed by atoms with E-state index in [1.54, 1.807) is 18.2 Å². The van der Waals surface area contributed by atoms with Gasteiger partial charge in [-0.1, -0.05) is 11.2 Å². The van der Waals surface area contributed by atoms with Crippen LogP contribution in [-0.2, 0) is 16.0 Å². The second-order valence-electron chi connectivity index (χ2n) is 7.95. The number of pyridine rings is 1. The molecule has 1 aromatic carbocycles. The third-order valence-corrected chi connectivity index (χ3v) is 5.80. The first kappa shape index (κ1) is 19.2. The number of benzene rings is 1. The molecule has 4 aromatic heterocycles. The average Bonchev–Trinajstić information content (AvgIpc) is 3.52. The lowest BCUT2D eigenvalue weighted by Gasteiger charge is -2.21. The molecule has 2 amide bonds. The Labute approximate surface area is 185 Å². The molecule has 0 aliphatic carbocycles. The molecule has 1 aliphatic rings. The minimum Gasteiger partial charge on any atom is -0.408 e. The quantitative estimate of drug-likeness (QED) is 0.423. The van der Waals surface area contributed by atoms with Crippen molar-refractivity contribution < 1.29 is 18.5 Å². The maximum Gasteiger partial charge on any atom is 0.420 e. The van der Waals surface area contributed by atoms with Crippen molar-refractivity contribution >= 4 is 28.4 Å². The molecule has 1 N–H and O–H groups in total. The zero-order valence-corrected chi connectivity index (χ0v) is 17.2. The summed E-state index contributed by atoms with van der Waals surface area (Å²) in [5.41, 5.74) is 3.54. The number of carbonyl (C=O) groups excluding carboxylic acids is 2. The first-order chi connectivity index (χ1) is 16.0. The van der Waals surface area contributed by atoms with Crippen molar-refractivity contribution in [2.75, 3.05) is 0 Å². The first-order valence-electron chi connectivity index (χ1n) is 10.4. The Kier molecular flexibility index (Phi) is 4.25. The van der Waals surface area contributed by atoms with E-state index in [4.69, 9.17) is 8.94 Å². The second-order valence-corrected chi connectivity index (χ2v) is 7.95. The first-order valence-corrected chi connectivity index (χ1v) is 10.4. The fourth-order valence-electron chi connectivity index (χ4n) is 4.20. The molecule has 10 nitrogen and oxygen atoms in total. The number of piperidine rings is 1. The van der Waals surface area contributed by atoms with Gasteiger partial charge in [-0.3, -0.25) is 19.5 Å². The van der Waals surface area contributed by atoms with E-state index in [1.165, 1.54) is 4.57 Å². The predicted molar refractivity (Wildman–Crippen MR) is 115 cm³/mol. The van der Waals surface area contributed by atoms with Crippen LogP contribution < -0.4 is 11.1 Å². The van der Waals surface area contributed by atoms with Gasteiger partial charge in [0.1, 0.15) is 6.04 Å². The van der Waals surface area contributed by atoms with E-state index in [-0.39, 0.29) is 18.7 Å². The molecule has 1 unspecified atom stereocenters. The molecule has 1 fully saturated rings. The number of nitrogens with one attached hydrogen (secondary N) is 1. The summed E-state index contributed by atoms with van der Waals surface area (Å²) in [5, 5.41) is 6.37. The molecule has 164 valence electrons. The number of carbonyl (C=O) groups is 2. The third-order valence-electron chi connectivity index (χ3n) is 5.80. The van der Waals surface area contributed by atoms with Crippen molar-refractivity contribution in [1.82, 2.24) is 24.4 Å². The van der Waals surface area contributed by atoms with Gasteiger partial charge in [0.25, 0.3) is 0 Å². The van der Waals surface area contributed by atoms with E-state index in [9.17, 15) is 14.4 Å². The second kappa shape index (κ2) is 7.30. The van der Waals surface area contributed by atoms with Crippen LogP contribution in [0.1, 0.15) is 30.3 Å². The zero-order chi connectivity index (χ0) is 22.5. The van der Waals surface area contributed by atoms with Gasteiger partial charge in [0.15, 0.2) is 5.58 Å². The van der Waals surface area contributed by atoms with Crippen LogP contribution in [-0.4, -0.2) is 30.9 Å². The van der Waals surface area contributed by atoms with Gasteiger partial charge in [-0.05, 0) is 48.4 Å². The maximum atomic E-state index is 12.5. The van der Waals surface area contributed by atoms with Crippen LogP contribution in [0.2, 0.25) is 0 Å². The molecule has 6 rings (SSSR count). The number of amides is 2. The highest BCUT2D eigenvalue weighted by molar-refractivity contribution is 6.00. The van der Waals surface area contributed by atoms with Crippen molar-refractivity contribution in [1.29, 1.82) is 0 Å². The van der Waals surface area contributed by atoms with Crippen LogP contribution in [0.3, 0.4) is 0 Å². The standard InChI is InChI=1S/C23H17N5O5/c29-19-8-6-16(22(30)24-19)28-17-10-13(3-7-18(17)32-23(28)31)11-20-25-21(26-33-20)14-4-5-15-2-1-9-27(15)12-14/h1-5,7,9-10,12,16H,6,8,11H2,(H,24,29,30). The Morgan fingerprint density at radius 3 is 2.91 bits per heavy atom. The number of fused-ring (bicyclic) bond motifs is 2. The van der Waals surface area contributed by atoms with Crippen LogP contribution in [0.5, 0.6) is 0 Å². The maximum absolute atomic E-state index is 12.5. The topological polar surface area (TPSA) is 125 Å². The monoisotopic (exact) mass is 443 g/mol. The van der Waals surface area contributed by atoms with Gasteiger partial charge in [-0.15, -0.1) is 0 Å². The minimum absolute atomic E-state index is 0.161. The summed E-state index contributed by atoms with van der Waals surface area (Å²) in [4.78, 5) is 40.7. The van der Waals surface area contributed by atoms with E-state index >= 15 is 0 Å². The van der Waals surface area contributed by atoms with E-state index in [0.29, 0.717) is 29.2 Å². The van der Waals surface area contributed by atoms with Gasteiger partial charge < -0.3 is 13.3 Å². The van der Waals surface area contributed by atoms with Crippen molar-refractivity contribution in [2.45, 2.75) is 25.3 Å². The molecule has 0 radical (unpaired) electrons. The highest BCUT2D eigenvalue weighted by Gasteiger charge is 2.31. The molecular weight excluding hydrogens is 426 g/mol. The fraction of sp³-hybridized carbons (Fsp3) is 0.174. The summed E-state index contributed by atoms with van der Waals surface area (Å²) < 4.78 is 14.0. The Bertz CT molecular complexity index is 1600. The molecular formula is C23H17N5O5. The number of aromatic nitrogens is 4. The zero-order valence-electron chi connectivity index (χ0n) is 17.2. The lowest BCUT2D eigenvalue weighted by molar-refractivity contribution is -0.135. The SMILES string of the molecule is O=C1CCC(n2c(=O)oc3ccc(Cc4nc(-c5ccc6cccn6c5)no4)cc32)C(=O)N1. The minimum atomic E-state index is -0.801. The van der Waals surface area contributed by atoms with Gasteiger partial charge in [0.05, 0.1) is 11.9 Å². The Morgan fingerprint density at radius 1 is 1.12 bits per heavy atom. The summed E-state index contributed by atoms with van der Waals surface area (Å²) in [6.45, 7) is 0. The molecule has 33 heavy (non-hydrogen) atoms. The van der Waals surface area contributed by atoms with Crippen molar-refractivity contribution in [3.63, 3.8) is 0 Å². The fourth-order valence-corrected chi connectivity index (χ4v) is 4.20. The van der Waals surface area contributed by atoms with Crippen LogP contribution >= 0.6 is 0 Å². The largest absolute Gasteiger partial charge is 0.420 e. The third kappa shape index (κ3) is 3.32. The van der Waals surface area contributed by atoms with Crippen molar-refractivity contribution in [2.24, 2.45) is 0 Å². The average molecular weight is 443 g/mol. The highest BCUT2D eigenvalue weighted by atomic mass is 16.5. The molecule has 5 heterocycles. The van der Waals surface area contributed by atoms with E-state index in [0.717, 1.165) is 16.6 Å². The summed E-state index contributed by atoms with van der Waals surface area (Å²) in [7, 11) is 0. The van der Waals surface area contributed by atoms with Crippen LogP contribution in [0.15, 0.2) is 68.6 Å². The molecule has 0 bridgehead atoms. The van der Waals surface area contributed by atoms with Crippen LogP contribution in [0, 0.1) is 0 Å². The number of hydrogen-bond donors (Lipinski definition) is 1. The lowest BCUT2D eigenvalue weighted by atomic mass is 10.1. The number of imide groups is 1. The normalized spacial score (nSPS) is 16.5. The summed E-state index contributed by atoms with van der Waals surface area (Å²) in [5.74, 6) is -0.610. The summed E-state index contributed by atoms with van der Waals surface area (Å²) in [6.07, 6.45) is 4.61. The molecule has 5 aromatic rings. The van der Waals surface area contributed by atoms with Gasteiger partial charge in [0, 0.05) is 29.9 Å². The Morgan fingerprint density at radius 2 is 2.03 bits per heavy atom. The summed E-state index contributed by atoms with van der Waals surface area (Å²) >= 11 is 0. The number of nitrogens with zero attached hydrogens (tertiary/aromatic N) is 4. The lowest BCUT2D eigenvalue weighted by Crippen LogP contribution is -2.43. The molecule has 1 saturated heterocycles. The number of oxazole rings is 1. The summed E-state index contributed by atoms with van der Waals surface area (Å²) in [6, 6.07) is 12.3. The van der Waals surface area contributed by atoms with E-state index in [1.807, 2.05) is 41.1 Å². The van der Waals surface area contributed by atoms with Gasteiger partial charge in [-0.2, -0.15) is 4.98 Å². The van der Waals surface area contributed by atoms with E-state index < -0.39 is 17.7 Å². The van der Waals surface area contributed by atoms with Gasteiger partial charge in [0.2, 0.25) is 23.5 Å². The van der Waals surface area contributed by atoms with Crippen LogP contribution in [0.4, 0.5) is 0 Å². The molecule has 0 saturated carbocycles. The van der Waals surface area contributed by atoms with Crippen LogP contribution in [0.25, 0.3) is 28.0 Å². The van der Waals surface area contributed by atoms with Gasteiger partial charge in [-0.25, -0.2) is 4.79 Å². The number of rotatable bonds is 4. The Balaban J connectivity index is 1.31. The Hall–Kier alpha value is -4.47. The highest BCUT2D eigenvalue weighted by Crippen LogP contribution is 2.25. The molecule has 1 atom stereocenters. The smallest absolute Gasteiger partial charge is 0.408 e. The van der Waals surface area contributed by atoms with Gasteiger partial charge >= 0.3 is 5.76 Å². The van der Waals surface area contributed by atoms with Crippen molar-refractivity contribution in [3.8, 4) is 11.4 Å². The van der Waals surface area contributed by atoms with Crippen molar-refractivity contribution in [3.05, 3.63) is 76.9 Å². The molecule has 1 aliphatic heterocycles. The number of hydrogen-bond acceptors (Lipinski definition) is 7. The van der Waals surface area contributed by atoms with E-state index in [2.05, 4.69) is 15.5 Å². The predicted octanol–water partition coefficient (Wildman–Crippen LogP) is 2.47.